The number of para-hydroxylation sites is 1. The highest BCUT2D eigenvalue weighted by Crippen LogP contribution is 2.21. The third-order valence-corrected chi connectivity index (χ3v) is 1.90. The highest BCUT2D eigenvalue weighted by molar-refractivity contribution is 5.90. The maximum absolute atomic E-state index is 4.36. The topological polar surface area (TPSA) is 29.9 Å². The van der Waals surface area contributed by atoms with E-state index in [-0.39, 0.29) is 0 Å². The van der Waals surface area contributed by atoms with Gasteiger partial charge in [0.2, 0.25) is 0 Å². The summed E-state index contributed by atoms with van der Waals surface area (Å²) in [7, 11) is 0. The van der Waals surface area contributed by atoms with Crippen LogP contribution in [0.2, 0.25) is 0 Å². The number of fused-ring (bicyclic) bond motifs is 1. The molecular formula is C10H11N2. The fraction of sp³-hybridized carbons (Fsp3) is 0.200. The number of aromatic nitrogens is 1. The van der Waals surface area contributed by atoms with Gasteiger partial charge in [-0.15, -0.1) is 0 Å². The molecule has 0 bridgehead atoms. The van der Waals surface area contributed by atoms with Gasteiger partial charge < -0.3 is 4.98 Å². The number of H-pyrrole nitrogens is 1. The first-order valence-corrected chi connectivity index (χ1v) is 4.15. The predicted octanol–water partition coefficient (Wildman–Crippen LogP) is 2.42. The monoisotopic (exact) mass is 159 g/mol. The molecule has 1 N–H and O–H groups in total. The Labute approximate surface area is 71.6 Å². The first-order chi connectivity index (χ1) is 5.92. The summed E-state index contributed by atoms with van der Waals surface area (Å²) < 4.78 is 0. The molecule has 0 aliphatic carbocycles. The van der Waals surface area contributed by atoms with Crippen LogP contribution in [0.3, 0.4) is 0 Å². The second-order valence-electron chi connectivity index (χ2n) is 2.69. The Hall–Kier alpha value is -1.44. The minimum atomic E-state index is 0.835. The molecule has 1 heterocycles. The zero-order valence-electron chi connectivity index (χ0n) is 7.04. The van der Waals surface area contributed by atoms with Crippen LogP contribution in [0.5, 0.6) is 0 Å². The number of rotatable bonds is 2. The van der Waals surface area contributed by atoms with Crippen molar-refractivity contribution in [3.8, 4) is 0 Å². The molecule has 2 rings (SSSR count). The number of benzene rings is 1. The first-order valence-electron chi connectivity index (χ1n) is 4.15. The number of aromatic amines is 1. The van der Waals surface area contributed by atoms with E-state index in [0.29, 0.717) is 0 Å². The van der Waals surface area contributed by atoms with Gasteiger partial charge in [-0.2, -0.15) is 0 Å². The van der Waals surface area contributed by atoms with Gasteiger partial charge in [-0.1, -0.05) is 18.2 Å². The number of hydrogen-bond donors (Lipinski definition) is 1. The van der Waals surface area contributed by atoms with Crippen molar-refractivity contribution >= 4 is 16.6 Å². The molecule has 0 fully saturated rings. The van der Waals surface area contributed by atoms with Gasteiger partial charge in [-0.3, -0.25) is 5.32 Å². The molecule has 2 aromatic rings. The fourth-order valence-electron chi connectivity index (χ4n) is 1.36. The van der Waals surface area contributed by atoms with Crippen LogP contribution in [0, 0.1) is 0 Å². The predicted molar refractivity (Wildman–Crippen MR) is 50.6 cm³/mol. The molecule has 0 saturated heterocycles. The molecule has 0 aliphatic heterocycles. The van der Waals surface area contributed by atoms with Crippen LogP contribution in [0.25, 0.3) is 10.9 Å². The van der Waals surface area contributed by atoms with Crippen molar-refractivity contribution in [1.82, 2.24) is 10.3 Å². The lowest BCUT2D eigenvalue weighted by atomic mass is 10.2. The molecule has 2 heteroatoms. The van der Waals surface area contributed by atoms with Crippen molar-refractivity contribution in [3.05, 3.63) is 30.5 Å². The van der Waals surface area contributed by atoms with Crippen LogP contribution >= 0.6 is 0 Å². The van der Waals surface area contributed by atoms with E-state index < -0.39 is 0 Å². The molecule has 0 spiro atoms. The van der Waals surface area contributed by atoms with Gasteiger partial charge in [-0.25, -0.2) is 0 Å². The minimum absolute atomic E-state index is 0.835. The molecule has 0 unspecified atom stereocenters. The molecule has 0 amide bonds. The SMILES string of the molecule is CC[N]c1c[nH]c2ccccc12. The lowest BCUT2D eigenvalue weighted by Crippen LogP contribution is -1.92. The quantitative estimate of drug-likeness (QED) is 0.697. The highest BCUT2D eigenvalue weighted by Gasteiger charge is 2.00. The van der Waals surface area contributed by atoms with E-state index >= 15 is 0 Å². The van der Waals surface area contributed by atoms with Crippen LogP contribution in [0.15, 0.2) is 30.5 Å². The van der Waals surface area contributed by atoms with E-state index in [0.717, 1.165) is 17.7 Å². The molecule has 1 radical (unpaired) electrons. The Morgan fingerprint density at radius 3 is 3.00 bits per heavy atom. The van der Waals surface area contributed by atoms with Gasteiger partial charge in [-0.05, 0) is 13.0 Å². The fourth-order valence-corrected chi connectivity index (χ4v) is 1.36. The van der Waals surface area contributed by atoms with Gasteiger partial charge in [0, 0.05) is 23.6 Å². The molecule has 1 aromatic carbocycles. The lowest BCUT2D eigenvalue weighted by Gasteiger charge is -1.94. The van der Waals surface area contributed by atoms with Crippen molar-refractivity contribution in [2.45, 2.75) is 6.92 Å². The Bertz CT molecular complexity index is 376. The van der Waals surface area contributed by atoms with E-state index in [9.17, 15) is 0 Å². The number of nitrogens with zero attached hydrogens (tertiary/aromatic N) is 1. The van der Waals surface area contributed by atoms with E-state index in [1.54, 1.807) is 0 Å². The van der Waals surface area contributed by atoms with Gasteiger partial charge in [0.25, 0.3) is 0 Å². The summed E-state index contributed by atoms with van der Waals surface area (Å²) in [5.41, 5.74) is 2.22. The van der Waals surface area contributed by atoms with Crippen molar-refractivity contribution < 1.29 is 0 Å². The van der Waals surface area contributed by atoms with Crippen molar-refractivity contribution in [3.63, 3.8) is 0 Å². The summed E-state index contributed by atoms with van der Waals surface area (Å²) in [6.45, 7) is 2.88. The van der Waals surface area contributed by atoms with Gasteiger partial charge in [0.15, 0.2) is 0 Å². The average Bonchev–Trinajstić information content (AvgIpc) is 2.50. The van der Waals surface area contributed by atoms with Gasteiger partial charge in [0.1, 0.15) is 0 Å². The largest absolute Gasteiger partial charge is 0.359 e. The molecule has 0 saturated carbocycles. The summed E-state index contributed by atoms with van der Waals surface area (Å²) >= 11 is 0. The van der Waals surface area contributed by atoms with E-state index in [1.165, 1.54) is 5.39 Å². The second kappa shape index (κ2) is 2.89. The Morgan fingerprint density at radius 1 is 1.33 bits per heavy atom. The molecule has 2 nitrogen and oxygen atoms in total. The molecule has 0 atom stereocenters. The second-order valence-corrected chi connectivity index (χ2v) is 2.69. The lowest BCUT2D eigenvalue weighted by molar-refractivity contribution is 0.918. The summed E-state index contributed by atoms with van der Waals surface area (Å²) in [5, 5.41) is 5.57. The molecule has 1 aromatic heterocycles. The van der Waals surface area contributed by atoms with Crippen LogP contribution in [-0.4, -0.2) is 11.5 Å². The van der Waals surface area contributed by atoms with Crippen molar-refractivity contribution in [2.24, 2.45) is 0 Å². The normalized spacial score (nSPS) is 10.4. The Kier molecular flexibility index (Phi) is 1.74. The summed E-state index contributed by atoms with van der Waals surface area (Å²) in [5.74, 6) is 0. The summed E-state index contributed by atoms with van der Waals surface area (Å²) in [4.78, 5) is 3.18. The van der Waals surface area contributed by atoms with Crippen LogP contribution in [-0.2, 0) is 0 Å². The standard InChI is InChI=1S/C10H11N2/c1-2-11-10-7-12-9-6-4-3-5-8(9)10/h3-7,12H,2H2,1H3. The van der Waals surface area contributed by atoms with Crippen molar-refractivity contribution in [1.29, 1.82) is 0 Å². The van der Waals surface area contributed by atoms with Crippen LogP contribution < -0.4 is 5.32 Å². The smallest absolute Gasteiger partial charge is 0.0827 e. The maximum atomic E-state index is 4.36. The first kappa shape index (κ1) is 7.22. The number of nitrogens with one attached hydrogen (secondary N) is 1. The Morgan fingerprint density at radius 2 is 2.17 bits per heavy atom. The summed E-state index contributed by atoms with van der Waals surface area (Å²) in [6, 6.07) is 8.20. The van der Waals surface area contributed by atoms with Crippen LogP contribution in [0.4, 0.5) is 5.69 Å². The van der Waals surface area contributed by atoms with Crippen LogP contribution in [0.1, 0.15) is 6.92 Å². The third-order valence-electron chi connectivity index (χ3n) is 1.90. The van der Waals surface area contributed by atoms with Gasteiger partial charge in [0.05, 0.1) is 5.69 Å². The van der Waals surface area contributed by atoms with E-state index in [1.807, 2.05) is 25.3 Å². The molecule has 61 valence electrons. The molecular weight excluding hydrogens is 148 g/mol. The molecule has 12 heavy (non-hydrogen) atoms. The average molecular weight is 159 g/mol. The van der Waals surface area contributed by atoms with Gasteiger partial charge >= 0.3 is 0 Å². The van der Waals surface area contributed by atoms with E-state index in [4.69, 9.17) is 0 Å². The number of hydrogen-bond acceptors (Lipinski definition) is 0. The zero-order valence-corrected chi connectivity index (χ0v) is 7.04. The summed E-state index contributed by atoms with van der Waals surface area (Å²) in [6.07, 6.45) is 1.95. The highest BCUT2D eigenvalue weighted by atomic mass is 14.9. The minimum Gasteiger partial charge on any atom is -0.359 e. The van der Waals surface area contributed by atoms with E-state index in [2.05, 4.69) is 22.4 Å². The van der Waals surface area contributed by atoms with Crippen molar-refractivity contribution in [2.75, 3.05) is 6.54 Å². The Balaban J connectivity index is 2.55. The third kappa shape index (κ3) is 1.05. The molecule has 0 aliphatic rings. The maximum Gasteiger partial charge on any atom is 0.0827 e. The zero-order chi connectivity index (χ0) is 8.39.